The Balaban J connectivity index is 2.03. The van der Waals surface area contributed by atoms with Gasteiger partial charge >= 0.3 is 0 Å². The number of allylic oxidation sites excluding steroid dienone is 1. The van der Waals surface area contributed by atoms with Crippen LogP contribution in [0.5, 0.6) is 5.75 Å². The lowest BCUT2D eigenvalue weighted by Crippen LogP contribution is -2.02. The van der Waals surface area contributed by atoms with E-state index in [0.717, 1.165) is 30.0 Å². The van der Waals surface area contributed by atoms with E-state index < -0.39 is 0 Å². The molecule has 2 heterocycles. The molecule has 0 aliphatic carbocycles. The molecule has 0 spiro atoms. The molecule has 0 unspecified atom stereocenters. The number of hydrogen-bond donors (Lipinski definition) is 1. The van der Waals surface area contributed by atoms with E-state index in [1.807, 2.05) is 30.5 Å². The lowest BCUT2D eigenvalue weighted by Gasteiger charge is -2.06. The largest absolute Gasteiger partial charge is 0.437 e. The molecule has 3 nitrogen and oxygen atoms in total. The monoisotopic (exact) mass is 212 g/mol. The molecular weight excluding hydrogens is 200 g/mol. The molecule has 3 heteroatoms. The first kappa shape index (κ1) is 9.21. The first-order valence-electron chi connectivity index (χ1n) is 5.36. The van der Waals surface area contributed by atoms with Gasteiger partial charge in [0.1, 0.15) is 0 Å². The average Bonchev–Trinajstić information content (AvgIpc) is 2.61. The van der Waals surface area contributed by atoms with Crippen LogP contribution in [-0.4, -0.2) is 12.8 Å². The molecular formula is C13H12N2O. The fraction of sp³-hybridized carbons (Fsp3) is 0.154. The van der Waals surface area contributed by atoms with Crippen molar-refractivity contribution in [2.75, 3.05) is 11.9 Å². The Morgan fingerprint density at radius 1 is 1.25 bits per heavy atom. The quantitative estimate of drug-likeness (QED) is 0.717. The minimum absolute atomic E-state index is 0.700. The summed E-state index contributed by atoms with van der Waals surface area (Å²) in [7, 11) is 0. The van der Waals surface area contributed by atoms with Crippen LogP contribution < -0.4 is 10.1 Å². The molecule has 16 heavy (non-hydrogen) atoms. The summed E-state index contributed by atoms with van der Waals surface area (Å²) in [5.74, 6) is 1.53. The van der Waals surface area contributed by atoms with Crippen LogP contribution in [0.1, 0.15) is 6.42 Å². The molecule has 2 aliphatic rings. The fourth-order valence-corrected chi connectivity index (χ4v) is 1.78. The first-order chi connectivity index (χ1) is 7.93. The molecule has 0 saturated carbocycles. The second-order valence-corrected chi connectivity index (χ2v) is 3.73. The molecule has 2 aliphatic heterocycles. The van der Waals surface area contributed by atoms with Crippen molar-refractivity contribution in [1.82, 2.24) is 0 Å². The minimum atomic E-state index is 0.700. The van der Waals surface area contributed by atoms with E-state index >= 15 is 0 Å². The van der Waals surface area contributed by atoms with Crippen molar-refractivity contribution < 1.29 is 4.74 Å². The van der Waals surface area contributed by atoms with Crippen molar-refractivity contribution in [3.05, 3.63) is 47.9 Å². The zero-order valence-electron chi connectivity index (χ0n) is 8.81. The third-order valence-corrected chi connectivity index (χ3v) is 2.61. The maximum atomic E-state index is 5.81. The van der Waals surface area contributed by atoms with Crippen molar-refractivity contribution in [1.29, 1.82) is 0 Å². The van der Waals surface area contributed by atoms with Crippen LogP contribution in [0.3, 0.4) is 0 Å². The Morgan fingerprint density at radius 2 is 2.19 bits per heavy atom. The van der Waals surface area contributed by atoms with Crippen molar-refractivity contribution in [3.63, 3.8) is 0 Å². The van der Waals surface area contributed by atoms with Gasteiger partial charge < -0.3 is 10.1 Å². The van der Waals surface area contributed by atoms with Gasteiger partial charge in [-0.05, 0) is 12.1 Å². The van der Waals surface area contributed by atoms with Crippen LogP contribution in [0.2, 0.25) is 0 Å². The second-order valence-electron chi connectivity index (χ2n) is 3.73. The van der Waals surface area contributed by atoms with Crippen LogP contribution >= 0.6 is 0 Å². The van der Waals surface area contributed by atoms with E-state index in [9.17, 15) is 0 Å². The molecule has 0 saturated heterocycles. The summed E-state index contributed by atoms with van der Waals surface area (Å²) in [6.45, 7) is 0.750. The number of ether oxygens (including phenoxy) is 1. The minimum Gasteiger partial charge on any atom is -0.437 e. The Morgan fingerprint density at radius 3 is 3.19 bits per heavy atom. The Labute approximate surface area is 94.2 Å². The van der Waals surface area contributed by atoms with Gasteiger partial charge in [-0.2, -0.15) is 0 Å². The van der Waals surface area contributed by atoms with Crippen LogP contribution in [0.15, 0.2) is 52.9 Å². The van der Waals surface area contributed by atoms with Crippen LogP contribution in [0.25, 0.3) is 0 Å². The second kappa shape index (κ2) is 3.85. The molecule has 1 N–H and O–H groups in total. The zero-order chi connectivity index (χ0) is 10.8. The Kier molecular flexibility index (Phi) is 2.22. The topological polar surface area (TPSA) is 33.6 Å². The van der Waals surface area contributed by atoms with Gasteiger partial charge in [0.2, 0.25) is 5.88 Å². The Hall–Kier alpha value is -2.03. The predicted octanol–water partition coefficient (Wildman–Crippen LogP) is 2.73. The van der Waals surface area contributed by atoms with Gasteiger partial charge in [0, 0.05) is 24.8 Å². The fourth-order valence-electron chi connectivity index (χ4n) is 1.78. The first-order valence-corrected chi connectivity index (χ1v) is 5.36. The average molecular weight is 212 g/mol. The van der Waals surface area contributed by atoms with Gasteiger partial charge in [0.15, 0.2) is 5.75 Å². The highest BCUT2D eigenvalue weighted by Crippen LogP contribution is 2.30. The number of aliphatic imine (C=N–C) groups is 1. The zero-order valence-corrected chi connectivity index (χ0v) is 8.81. The van der Waals surface area contributed by atoms with Gasteiger partial charge in [-0.1, -0.05) is 24.3 Å². The molecule has 0 aromatic heterocycles. The number of fused-ring (bicyclic) bond motifs is 1. The van der Waals surface area contributed by atoms with Crippen molar-refractivity contribution in [2.24, 2.45) is 4.99 Å². The molecule has 0 radical (unpaired) electrons. The highest BCUT2D eigenvalue weighted by Gasteiger charge is 2.14. The maximum Gasteiger partial charge on any atom is 0.223 e. The summed E-state index contributed by atoms with van der Waals surface area (Å²) in [5.41, 5.74) is 2.10. The predicted molar refractivity (Wildman–Crippen MR) is 64.8 cm³/mol. The SMILES string of the molecule is C1=CC2=C(N=CC1)Oc1ccccc1NC2. The van der Waals surface area contributed by atoms with Gasteiger partial charge in [0.25, 0.3) is 0 Å². The number of anilines is 1. The third kappa shape index (κ3) is 1.60. The number of benzene rings is 1. The molecule has 0 bridgehead atoms. The van der Waals surface area contributed by atoms with Crippen LogP contribution in [-0.2, 0) is 0 Å². The summed E-state index contributed by atoms with van der Waals surface area (Å²) in [4.78, 5) is 4.33. The number of rotatable bonds is 0. The highest BCUT2D eigenvalue weighted by molar-refractivity contribution is 5.65. The lowest BCUT2D eigenvalue weighted by molar-refractivity contribution is 0.421. The van der Waals surface area contributed by atoms with Gasteiger partial charge in [-0.25, -0.2) is 4.99 Å². The molecule has 0 atom stereocenters. The van der Waals surface area contributed by atoms with Crippen molar-refractivity contribution in [2.45, 2.75) is 6.42 Å². The summed E-state index contributed by atoms with van der Waals surface area (Å²) in [5, 5.41) is 3.34. The normalized spacial score (nSPS) is 17.8. The van der Waals surface area contributed by atoms with E-state index in [4.69, 9.17) is 4.74 Å². The van der Waals surface area contributed by atoms with Crippen molar-refractivity contribution >= 4 is 11.9 Å². The van der Waals surface area contributed by atoms with Crippen molar-refractivity contribution in [3.8, 4) is 5.75 Å². The number of nitrogens with zero attached hydrogens (tertiary/aromatic N) is 1. The number of nitrogens with one attached hydrogen (secondary N) is 1. The Bertz CT molecular complexity index is 500. The number of para-hydroxylation sites is 2. The summed E-state index contributed by atoms with van der Waals surface area (Å²) >= 11 is 0. The highest BCUT2D eigenvalue weighted by atomic mass is 16.5. The van der Waals surface area contributed by atoms with E-state index in [-0.39, 0.29) is 0 Å². The molecule has 1 aromatic rings. The van der Waals surface area contributed by atoms with E-state index in [1.54, 1.807) is 0 Å². The number of hydrogen-bond acceptors (Lipinski definition) is 3. The summed E-state index contributed by atoms with van der Waals surface area (Å²) in [6.07, 6.45) is 6.89. The van der Waals surface area contributed by atoms with Gasteiger partial charge in [-0.15, -0.1) is 0 Å². The standard InChI is InChI=1S/C13H12N2O/c1-2-7-12-11(6-1)15-9-10-5-3-4-8-14-13(10)16-12/h1-3,5-8,15H,4,9H2. The van der Waals surface area contributed by atoms with Crippen LogP contribution in [0.4, 0.5) is 5.69 Å². The molecule has 0 fully saturated rings. The smallest absolute Gasteiger partial charge is 0.223 e. The molecule has 0 amide bonds. The van der Waals surface area contributed by atoms with E-state index in [0.29, 0.717) is 5.88 Å². The van der Waals surface area contributed by atoms with E-state index in [2.05, 4.69) is 22.5 Å². The van der Waals surface area contributed by atoms with Gasteiger partial charge in [0.05, 0.1) is 5.69 Å². The maximum absolute atomic E-state index is 5.81. The lowest BCUT2D eigenvalue weighted by atomic mass is 10.2. The summed E-state index contributed by atoms with van der Waals surface area (Å²) < 4.78 is 5.81. The summed E-state index contributed by atoms with van der Waals surface area (Å²) in [6, 6.07) is 7.91. The third-order valence-electron chi connectivity index (χ3n) is 2.61. The molecule has 80 valence electrons. The van der Waals surface area contributed by atoms with E-state index in [1.165, 1.54) is 0 Å². The molecule has 1 aromatic carbocycles. The molecule has 3 rings (SSSR count). The van der Waals surface area contributed by atoms with Crippen LogP contribution in [0, 0.1) is 0 Å². The van der Waals surface area contributed by atoms with Gasteiger partial charge in [-0.3, -0.25) is 0 Å².